The van der Waals surface area contributed by atoms with Crippen molar-refractivity contribution in [1.29, 1.82) is 0 Å². The van der Waals surface area contributed by atoms with Crippen molar-refractivity contribution >= 4 is 17.6 Å². The summed E-state index contributed by atoms with van der Waals surface area (Å²) in [5, 5.41) is 9.79. The SMILES string of the molecule is CC(CNC(=O)C(=O)Nc1ccnn1C1CCCC1)CN1CCCCC1. The fourth-order valence-electron chi connectivity index (χ4n) is 4.02. The summed E-state index contributed by atoms with van der Waals surface area (Å²) in [7, 11) is 0. The fraction of sp³-hybridized carbons (Fsp3) is 0.737. The van der Waals surface area contributed by atoms with Gasteiger partial charge < -0.3 is 15.5 Å². The molecular formula is C19H31N5O2. The van der Waals surface area contributed by atoms with Gasteiger partial charge in [0.05, 0.1) is 12.2 Å². The molecule has 1 aliphatic carbocycles. The van der Waals surface area contributed by atoms with E-state index in [1.165, 1.54) is 32.1 Å². The van der Waals surface area contributed by atoms with Gasteiger partial charge in [-0.15, -0.1) is 0 Å². The van der Waals surface area contributed by atoms with E-state index in [0.717, 1.165) is 32.5 Å². The van der Waals surface area contributed by atoms with E-state index >= 15 is 0 Å². The van der Waals surface area contributed by atoms with Gasteiger partial charge in [0, 0.05) is 19.2 Å². The molecular weight excluding hydrogens is 330 g/mol. The Morgan fingerprint density at radius 3 is 2.62 bits per heavy atom. The van der Waals surface area contributed by atoms with Gasteiger partial charge in [-0.05, 0) is 44.7 Å². The largest absolute Gasteiger partial charge is 0.348 e. The molecule has 1 aromatic rings. The minimum Gasteiger partial charge on any atom is -0.348 e. The van der Waals surface area contributed by atoms with Gasteiger partial charge in [-0.25, -0.2) is 4.68 Å². The van der Waals surface area contributed by atoms with Gasteiger partial charge >= 0.3 is 11.8 Å². The van der Waals surface area contributed by atoms with Crippen molar-refractivity contribution in [2.45, 2.75) is 57.9 Å². The van der Waals surface area contributed by atoms with E-state index in [4.69, 9.17) is 0 Å². The molecule has 2 aliphatic rings. The lowest BCUT2D eigenvalue weighted by Gasteiger charge is -2.29. The zero-order valence-corrected chi connectivity index (χ0v) is 15.7. The van der Waals surface area contributed by atoms with Crippen molar-refractivity contribution in [2.24, 2.45) is 5.92 Å². The zero-order chi connectivity index (χ0) is 18.4. The molecule has 2 amide bonds. The topological polar surface area (TPSA) is 79.3 Å². The highest BCUT2D eigenvalue weighted by Gasteiger charge is 2.22. The van der Waals surface area contributed by atoms with Crippen LogP contribution < -0.4 is 10.6 Å². The van der Waals surface area contributed by atoms with Crippen LogP contribution in [0.25, 0.3) is 0 Å². The lowest BCUT2D eigenvalue weighted by molar-refractivity contribution is -0.136. The van der Waals surface area contributed by atoms with Crippen molar-refractivity contribution in [3.63, 3.8) is 0 Å². The second kappa shape index (κ2) is 9.16. The van der Waals surface area contributed by atoms with Crippen LogP contribution >= 0.6 is 0 Å². The third kappa shape index (κ3) is 5.06. The Labute approximate surface area is 155 Å². The van der Waals surface area contributed by atoms with Crippen LogP contribution in [0.5, 0.6) is 0 Å². The third-order valence-electron chi connectivity index (χ3n) is 5.42. The minimum atomic E-state index is -0.616. The van der Waals surface area contributed by atoms with Gasteiger partial charge in [0.2, 0.25) is 0 Å². The summed E-state index contributed by atoms with van der Waals surface area (Å²) in [6, 6.07) is 2.08. The Balaban J connectivity index is 1.43. The van der Waals surface area contributed by atoms with Crippen molar-refractivity contribution < 1.29 is 9.59 Å². The van der Waals surface area contributed by atoms with Crippen LogP contribution in [0.2, 0.25) is 0 Å². The number of amides is 2. The van der Waals surface area contributed by atoms with Gasteiger partial charge in [0.25, 0.3) is 0 Å². The lowest BCUT2D eigenvalue weighted by Crippen LogP contribution is -2.41. The number of nitrogens with one attached hydrogen (secondary N) is 2. The molecule has 1 atom stereocenters. The molecule has 1 aromatic heterocycles. The summed E-state index contributed by atoms with van der Waals surface area (Å²) < 4.78 is 1.84. The first-order valence-electron chi connectivity index (χ1n) is 9.98. The van der Waals surface area contributed by atoms with Crippen LogP contribution in [-0.2, 0) is 9.59 Å². The molecule has 3 rings (SSSR count). The summed E-state index contributed by atoms with van der Waals surface area (Å²) in [6.45, 7) is 5.89. The molecule has 0 spiro atoms. The number of nitrogens with zero attached hydrogens (tertiary/aromatic N) is 3. The van der Waals surface area contributed by atoms with E-state index in [0.29, 0.717) is 24.3 Å². The van der Waals surface area contributed by atoms with Crippen molar-refractivity contribution in [3.8, 4) is 0 Å². The molecule has 1 saturated heterocycles. The number of aromatic nitrogens is 2. The Hall–Kier alpha value is -1.89. The Bertz CT molecular complexity index is 603. The van der Waals surface area contributed by atoms with Gasteiger partial charge in [-0.2, -0.15) is 5.10 Å². The summed E-state index contributed by atoms with van der Waals surface area (Å²) in [5.41, 5.74) is 0. The highest BCUT2D eigenvalue weighted by molar-refractivity contribution is 6.39. The Morgan fingerprint density at radius 2 is 1.88 bits per heavy atom. The van der Waals surface area contributed by atoms with E-state index in [2.05, 4.69) is 27.6 Å². The van der Waals surface area contributed by atoms with Crippen LogP contribution in [0.4, 0.5) is 5.82 Å². The van der Waals surface area contributed by atoms with E-state index < -0.39 is 11.8 Å². The monoisotopic (exact) mass is 361 g/mol. The molecule has 0 radical (unpaired) electrons. The number of rotatable bonds is 6. The number of piperidine rings is 1. The maximum atomic E-state index is 12.2. The zero-order valence-electron chi connectivity index (χ0n) is 15.7. The molecule has 7 nitrogen and oxygen atoms in total. The normalized spacial score (nSPS) is 20.0. The smallest absolute Gasteiger partial charge is 0.314 e. The quantitative estimate of drug-likeness (QED) is 0.761. The van der Waals surface area contributed by atoms with Gasteiger partial charge in [0.15, 0.2) is 0 Å². The third-order valence-corrected chi connectivity index (χ3v) is 5.42. The van der Waals surface area contributed by atoms with Crippen LogP contribution in [0, 0.1) is 5.92 Å². The highest BCUT2D eigenvalue weighted by atomic mass is 16.2. The molecule has 2 fully saturated rings. The van der Waals surface area contributed by atoms with Crippen molar-refractivity contribution in [3.05, 3.63) is 12.3 Å². The summed E-state index contributed by atoms with van der Waals surface area (Å²) in [5.74, 6) is -0.253. The van der Waals surface area contributed by atoms with Crippen LogP contribution in [0.15, 0.2) is 12.3 Å². The number of hydrogen-bond donors (Lipinski definition) is 2. The molecule has 144 valence electrons. The number of hydrogen-bond acceptors (Lipinski definition) is 4. The Morgan fingerprint density at radius 1 is 1.15 bits per heavy atom. The van der Waals surface area contributed by atoms with E-state index in [1.54, 1.807) is 12.3 Å². The average Bonchev–Trinajstić information content (AvgIpc) is 3.31. The van der Waals surface area contributed by atoms with Gasteiger partial charge in [-0.3, -0.25) is 9.59 Å². The lowest BCUT2D eigenvalue weighted by atomic mass is 10.1. The molecule has 7 heteroatoms. The van der Waals surface area contributed by atoms with E-state index in [-0.39, 0.29) is 0 Å². The first kappa shape index (κ1) is 18.9. The van der Waals surface area contributed by atoms with Crippen LogP contribution in [-0.4, -0.2) is 52.7 Å². The predicted molar refractivity (Wildman–Crippen MR) is 101 cm³/mol. The molecule has 1 aliphatic heterocycles. The average molecular weight is 361 g/mol. The predicted octanol–water partition coefficient (Wildman–Crippen LogP) is 2.17. The van der Waals surface area contributed by atoms with Crippen molar-refractivity contribution in [1.82, 2.24) is 20.0 Å². The maximum absolute atomic E-state index is 12.2. The molecule has 2 N–H and O–H groups in total. The number of carbonyl (C=O) groups excluding carboxylic acids is 2. The van der Waals surface area contributed by atoms with Gasteiger partial charge in [0.1, 0.15) is 5.82 Å². The maximum Gasteiger partial charge on any atom is 0.314 e. The first-order chi connectivity index (χ1) is 12.6. The Kier molecular flexibility index (Phi) is 6.66. The van der Waals surface area contributed by atoms with Crippen molar-refractivity contribution in [2.75, 3.05) is 31.5 Å². The standard InChI is InChI=1S/C19H31N5O2/c1-15(14-23-11-5-2-6-12-23)13-20-18(25)19(26)22-17-9-10-21-24(17)16-7-3-4-8-16/h9-10,15-16H,2-8,11-14H2,1H3,(H,20,25)(H,22,26). The molecule has 1 saturated carbocycles. The molecule has 1 unspecified atom stereocenters. The molecule has 26 heavy (non-hydrogen) atoms. The molecule has 2 heterocycles. The number of likely N-dealkylation sites (tertiary alicyclic amines) is 1. The fourth-order valence-corrected chi connectivity index (χ4v) is 4.02. The molecule has 0 aromatic carbocycles. The second-order valence-electron chi connectivity index (χ2n) is 7.73. The second-order valence-corrected chi connectivity index (χ2v) is 7.73. The van der Waals surface area contributed by atoms with Gasteiger partial charge in [-0.1, -0.05) is 26.2 Å². The minimum absolute atomic E-state index is 0.327. The summed E-state index contributed by atoms with van der Waals surface area (Å²) >= 11 is 0. The molecule has 0 bridgehead atoms. The van der Waals surface area contributed by atoms with Crippen LogP contribution in [0.3, 0.4) is 0 Å². The van der Waals surface area contributed by atoms with E-state index in [1.807, 2.05) is 4.68 Å². The number of carbonyl (C=O) groups is 2. The first-order valence-corrected chi connectivity index (χ1v) is 9.98. The summed E-state index contributed by atoms with van der Waals surface area (Å²) in [6.07, 6.45) is 10.0. The van der Waals surface area contributed by atoms with E-state index in [9.17, 15) is 9.59 Å². The number of anilines is 1. The summed E-state index contributed by atoms with van der Waals surface area (Å²) in [4.78, 5) is 26.8. The van der Waals surface area contributed by atoms with Crippen LogP contribution in [0.1, 0.15) is 57.9 Å². The highest BCUT2D eigenvalue weighted by Crippen LogP contribution is 2.31.